The van der Waals surface area contributed by atoms with E-state index in [-0.39, 0.29) is 17.6 Å². The molecule has 0 radical (unpaired) electrons. The highest BCUT2D eigenvalue weighted by molar-refractivity contribution is 5.91. The zero-order chi connectivity index (χ0) is 16.2. The van der Waals surface area contributed by atoms with Crippen molar-refractivity contribution in [3.63, 3.8) is 0 Å². The molecular formula is C17H22N4O2. The van der Waals surface area contributed by atoms with Crippen molar-refractivity contribution >= 4 is 11.8 Å². The van der Waals surface area contributed by atoms with E-state index in [1.807, 2.05) is 31.2 Å². The number of anilines is 1. The predicted octanol–water partition coefficient (Wildman–Crippen LogP) is 2.71. The SMILES string of the molecule is Cc1ccc(Cn2nnc(C(=O)OC3CCCCC3)c2N)cc1. The Balaban J connectivity index is 1.68. The number of aromatic nitrogens is 3. The van der Waals surface area contributed by atoms with Crippen molar-refractivity contribution < 1.29 is 9.53 Å². The van der Waals surface area contributed by atoms with E-state index in [2.05, 4.69) is 10.3 Å². The first-order valence-electron chi connectivity index (χ1n) is 8.09. The number of rotatable bonds is 4. The smallest absolute Gasteiger partial charge is 0.363 e. The van der Waals surface area contributed by atoms with Gasteiger partial charge in [-0.1, -0.05) is 41.5 Å². The Bertz CT molecular complexity index is 672. The molecule has 1 aliphatic carbocycles. The monoisotopic (exact) mass is 314 g/mol. The van der Waals surface area contributed by atoms with Crippen LogP contribution in [0.25, 0.3) is 0 Å². The Kier molecular flexibility index (Phi) is 4.60. The van der Waals surface area contributed by atoms with Crippen LogP contribution in [-0.4, -0.2) is 27.1 Å². The van der Waals surface area contributed by atoms with Gasteiger partial charge in [-0.3, -0.25) is 0 Å². The van der Waals surface area contributed by atoms with Crippen molar-refractivity contribution in [1.82, 2.24) is 15.0 Å². The van der Waals surface area contributed by atoms with Gasteiger partial charge >= 0.3 is 5.97 Å². The van der Waals surface area contributed by atoms with Crippen LogP contribution in [0.15, 0.2) is 24.3 Å². The molecule has 0 bridgehead atoms. The van der Waals surface area contributed by atoms with E-state index in [4.69, 9.17) is 10.5 Å². The Hall–Kier alpha value is -2.37. The second kappa shape index (κ2) is 6.81. The highest BCUT2D eigenvalue weighted by atomic mass is 16.5. The average molecular weight is 314 g/mol. The molecule has 1 fully saturated rings. The molecule has 1 aromatic heterocycles. The number of ether oxygens (including phenoxy) is 1. The normalized spacial score (nSPS) is 15.5. The molecule has 0 saturated heterocycles. The number of esters is 1. The summed E-state index contributed by atoms with van der Waals surface area (Å²) in [4.78, 5) is 12.2. The molecule has 6 nitrogen and oxygen atoms in total. The van der Waals surface area contributed by atoms with Gasteiger partial charge in [0.15, 0.2) is 5.82 Å². The van der Waals surface area contributed by atoms with Crippen LogP contribution in [0.5, 0.6) is 0 Å². The van der Waals surface area contributed by atoms with Crippen LogP contribution in [0.2, 0.25) is 0 Å². The van der Waals surface area contributed by atoms with Gasteiger partial charge in [-0.25, -0.2) is 9.48 Å². The molecule has 1 aliphatic rings. The average Bonchev–Trinajstić information content (AvgIpc) is 2.91. The molecule has 1 aromatic carbocycles. The van der Waals surface area contributed by atoms with Crippen molar-refractivity contribution in [2.75, 3.05) is 5.73 Å². The summed E-state index contributed by atoms with van der Waals surface area (Å²) in [7, 11) is 0. The fraction of sp³-hybridized carbons (Fsp3) is 0.471. The van der Waals surface area contributed by atoms with E-state index in [1.165, 1.54) is 16.7 Å². The van der Waals surface area contributed by atoms with Crippen LogP contribution in [0.3, 0.4) is 0 Å². The number of carbonyl (C=O) groups is 1. The van der Waals surface area contributed by atoms with E-state index in [0.29, 0.717) is 6.54 Å². The number of carbonyl (C=O) groups excluding carboxylic acids is 1. The summed E-state index contributed by atoms with van der Waals surface area (Å²) < 4.78 is 7.03. The van der Waals surface area contributed by atoms with Crippen molar-refractivity contribution in [1.29, 1.82) is 0 Å². The summed E-state index contributed by atoms with van der Waals surface area (Å²) >= 11 is 0. The van der Waals surface area contributed by atoms with Gasteiger partial charge in [0, 0.05) is 0 Å². The summed E-state index contributed by atoms with van der Waals surface area (Å²) in [6.07, 6.45) is 5.24. The maximum atomic E-state index is 12.2. The van der Waals surface area contributed by atoms with Gasteiger partial charge in [0.25, 0.3) is 0 Å². The number of nitrogen functional groups attached to an aromatic ring is 1. The molecule has 2 aromatic rings. The lowest BCUT2D eigenvalue weighted by Crippen LogP contribution is -2.22. The molecule has 0 unspecified atom stereocenters. The first kappa shape index (κ1) is 15.5. The van der Waals surface area contributed by atoms with Gasteiger partial charge in [-0.15, -0.1) is 5.10 Å². The third-order valence-electron chi connectivity index (χ3n) is 4.25. The highest BCUT2D eigenvalue weighted by Gasteiger charge is 2.23. The predicted molar refractivity (Wildman–Crippen MR) is 87.0 cm³/mol. The Labute approximate surface area is 135 Å². The van der Waals surface area contributed by atoms with Crippen LogP contribution in [0, 0.1) is 6.92 Å². The summed E-state index contributed by atoms with van der Waals surface area (Å²) in [5.41, 5.74) is 8.38. The third-order valence-corrected chi connectivity index (χ3v) is 4.25. The van der Waals surface area contributed by atoms with E-state index >= 15 is 0 Å². The molecule has 1 saturated carbocycles. The first-order valence-corrected chi connectivity index (χ1v) is 8.09. The third kappa shape index (κ3) is 3.70. The van der Waals surface area contributed by atoms with Crippen LogP contribution >= 0.6 is 0 Å². The topological polar surface area (TPSA) is 83.0 Å². The van der Waals surface area contributed by atoms with Gasteiger partial charge in [0.2, 0.25) is 5.69 Å². The molecule has 6 heteroatoms. The molecule has 1 heterocycles. The Morgan fingerprint density at radius 1 is 1.26 bits per heavy atom. The fourth-order valence-electron chi connectivity index (χ4n) is 2.84. The zero-order valence-corrected chi connectivity index (χ0v) is 13.4. The van der Waals surface area contributed by atoms with Crippen molar-refractivity contribution in [3.8, 4) is 0 Å². The van der Waals surface area contributed by atoms with E-state index in [1.54, 1.807) is 0 Å². The Morgan fingerprint density at radius 2 is 1.96 bits per heavy atom. The lowest BCUT2D eigenvalue weighted by Gasteiger charge is -2.21. The summed E-state index contributed by atoms with van der Waals surface area (Å²) in [6.45, 7) is 2.52. The number of aryl methyl sites for hydroxylation is 1. The molecule has 122 valence electrons. The van der Waals surface area contributed by atoms with Crippen LogP contribution in [0.4, 0.5) is 5.82 Å². The minimum atomic E-state index is -0.468. The number of benzene rings is 1. The molecular weight excluding hydrogens is 292 g/mol. The maximum absolute atomic E-state index is 12.2. The standard InChI is InChI=1S/C17H22N4O2/c1-12-7-9-13(10-8-12)11-21-16(18)15(19-20-21)17(22)23-14-5-3-2-4-6-14/h7-10,14H,2-6,11,18H2,1H3. The molecule has 0 atom stereocenters. The van der Waals surface area contributed by atoms with Gasteiger partial charge in [-0.2, -0.15) is 0 Å². The minimum Gasteiger partial charge on any atom is -0.458 e. The van der Waals surface area contributed by atoms with Crippen LogP contribution in [0.1, 0.15) is 53.7 Å². The number of hydrogen-bond acceptors (Lipinski definition) is 5. The van der Waals surface area contributed by atoms with Gasteiger partial charge in [-0.05, 0) is 38.2 Å². The van der Waals surface area contributed by atoms with Crippen LogP contribution < -0.4 is 5.73 Å². The molecule has 23 heavy (non-hydrogen) atoms. The highest BCUT2D eigenvalue weighted by Crippen LogP contribution is 2.22. The van der Waals surface area contributed by atoms with E-state index < -0.39 is 5.97 Å². The first-order chi connectivity index (χ1) is 11.1. The van der Waals surface area contributed by atoms with Gasteiger partial charge in [0.05, 0.1) is 6.54 Å². The molecule has 0 aliphatic heterocycles. The van der Waals surface area contributed by atoms with Crippen molar-refractivity contribution in [3.05, 3.63) is 41.1 Å². The van der Waals surface area contributed by atoms with E-state index in [9.17, 15) is 4.79 Å². The zero-order valence-electron chi connectivity index (χ0n) is 13.4. The molecule has 0 spiro atoms. The number of nitrogens with zero attached hydrogens (tertiary/aromatic N) is 3. The lowest BCUT2D eigenvalue weighted by molar-refractivity contribution is 0.0205. The Morgan fingerprint density at radius 3 is 2.65 bits per heavy atom. The second-order valence-electron chi connectivity index (χ2n) is 6.13. The van der Waals surface area contributed by atoms with E-state index in [0.717, 1.165) is 31.2 Å². The van der Waals surface area contributed by atoms with Crippen molar-refractivity contribution in [2.45, 2.75) is 51.7 Å². The van der Waals surface area contributed by atoms with Gasteiger partial charge in [0.1, 0.15) is 6.10 Å². The lowest BCUT2D eigenvalue weighted by atomic mass is 9.98. The molecule has 3 rings (SSSR count). The quantitative estimate of drug-likeness (QED) is 0.877. The minimum absolute atomic E-state index is 0.0158. The van der Waals surface area contributed by atoms with Gasteiger partial charge < -0.3 is 10.5 Å². The summed E-state index contributed by atoms with van der Waals surface area (Å²) in [5.74, 6) is -0.212. The molecule has 0 amide bonds. The largest absolute Gasteiger partial charge is 0.458 e. The second-order valence-corrected chi connectivity index (χ2v) is 6.13. The van der Waals surface area contributed by atoms with Crippen molar-refractivity contribution in [2.24, 2.45) is 0 Å². The summed E-state index contributed by atoms with van der Waals surface area (Å²) in [5, 5.41) is 7.90. The summed E-state index contributed by atoms with van der Waals surface area (Å²) in [6, 6.07) is 8.08. The molecule has 2 N–H and O–H groups in total. The number of hydrogen-bond donors (Lipinski definition) is 1. The van der Waals surface area contributed by atoms with Crippen LogP contribution in [-0.2, 0) is 11.3 Å². The number of nitrogens with two attached hydrogens (primary N) is 1. The maximum Gasteiger partial charge on any atom is 0.363 e. The fourth-order valence-corrected chi connectivity index (χ4v) is 2.84.